The van der Waals surface area contributed by atoms with E-state index in [9.17, 15) is 14.4 Å². The minimum Gasteiger partial charge on any atom is -0.355 e. The van der Waals surface area contributed by atoms with Crippen molar-refractivity contribution in [1.82, 2.24) is 20.5 Å². The Bertz CT molecular complexity index is 940. The van der Waals surface area contributed by atoms with Gasteiger partial charge >= 0.3 is 0 Å². The number of benzene rings is 1. The van der Waals surface area contributed by atoms with Crippen molar-refractivity contribution in [2.24, 2.45) is 5.92 Å². The lowest BCUT2D eigenvalue weighted by molar-refractivity contribution is -0.126. The molecular formula is C22H24Cl2N4O3. The van der Waals surface area contributed by atoms with Crippen molar-refractivity contribution in [1.29, 1.82) is 0 Å². The van der Waals surface area contributed by atoms with Gasteiger partial charge in [-0.1, -0.05) is 23.2 Å². The zero-order valence-electron chi connectivity index (χ0n) is 16.9. The molecule has 2 aromatic rings. The number of piperidine rings is 1. The largest absolute Gasteiger partial charge is 0.355 e. The lowest BCUT2D eigenvalue weighted by Gasteiger charge is -2.32. The lowest BCUT2D eigenvalue weighted by Crippen LogP contribution is -2.46. The second-order valence-corrected chi connectivity index (χ2v) is 8.21. The fraction of sp³-hybridized carbons (Fsp3) is 0.364. The first-order chi connectivity index (χ1) is 14.9. The molecule has 0 aliphatic carbocycles. The van der Waals surface area contributed by atoms with Crippen LogP contribution in [0.25, 0.3) is 0 Å². The molecule has 9 heteroatoms. The molecule has 0 radical (unpaired) electrons. The molecule has 1 aromatic heterocycles. The number of pyridine rings is 1. The maximum absolute atomic E-state index is 12.8. The summed E-state index contributed by atoms with van der Waals surface area (Å²) in [5.74, 6) is -0.766. The second kappa shape index (κ2) is 11.1. The number of nitrogens with zero attached hydrogens (tertiary/aromatic N) is 2. The van der Waals surface area contributed by atoms with Gasteiger partial charge in [0.15, 0.2) is 0 Å². The number of likely N-dealkylation sites (tertiary alicyclic amines) is 1. The van der Waals surface area contributed by atoms with E-state index in [1.54, 1.807) is 35.5 Å². The van der Waals surface area contributed by atoms with Crippen molar-refractivity contribution < 1.29 is 14.4 Å². The second-order valence-electron chi connectivity index (χ2n) is 7.39. The van der Waals surface area contributed by atoms with Gasteiger partial charge < -0.3 is 15.5 Å². The van der Waals surface area contributed by atoms with Gasteiger partial charge in [-0.3, -0.25) is 19.4 Å². The van der Waals surface area contributed by atoms with Crippen LogP contribution in [0.15, 0.2) is 42.7 Å². The van der Waals surface area contributed by atoms with E-state index in [4.69, 9.17) is 23.2 Å². The molecule has 1 aliphatic heterocycles. The molecule has 0 spiro atoms. The van der Waals surface area contributed by atoms with Gasteiger partial charge in [0.2, 0.25) is 11.8 Å². The van der Waals surface area contributed by atoms with Crippen LogP contribution in [-0.4, -0.2) is 47.2 Å². The van der Waals surface area contributed by atoms with E-state index in [0.29, 0.717) is 41.7 Å². The zero-order chi connectivity index (χ0) is 22.2. The standard InChI is InChI=1S/C22H24Cl2N4O3/c23-18-4-3-16(12-19(18)24)22(31)28-11-1-2-17(14-28)21(30)26-10-7-20(29)27-13-15-5-8-25-9-6-15/h3-6,8-9,12,17H,1-2,7,10-11,13-14H2,(H,26,30)(H,27,29). The Balaban J connectivity index is 1.43. The van der Waals surface area contributed by atoms with E-state index in [1.165, 1.54) is 0 Å². The predicted octanol–water partition coefficient (Wildman–Crippen LogP) is 3.06. The highest BCUT2D eigenvalue weighted by Gasteiger charge is 2.29. The number of nitrogens with one attached hydrogen (secondary N) is 2. The van der Waals surface area contributed by atoms with Gasteiger partial charge in [-0.15, -0.1) is 0 Å². The molecule has 3 rings (SSSR count). The van der Waals surface area contributed by atoms with Crippen molar-refractivity contribution >= 4 is 40.9 Å². The summed E-state index contributed by atoms with van der Waals surface area (Å²) in [4.78, 5) is 42.9. The predicted molar refractivity (Wildman–Crippen MR) is 119 cm³/mol. The van der Waals surface area contributed by atoms with Crippen LogP contribution in [0.3, 0.4) is 0 Å². The quantitative estimate of drug-likeness (QED) is 0.661. The fourth-order valence-electron chi connectivity index (χ4n) is 3.42. The van der Waals surface area contributed by atoms with Crippen molar-refractivity contribution in [2.45, 2.75) is 25.8 Å². The zero-order valence-corrected chi connectivity index (χ0v) is 18.5. The van der Waals surface area contributed by atoms with Gasteiger partial charge in [0, 0.05) is 50.6 Å². The van der Waals surface area contributed by atoms with Gasteiger partial charge in [-0.25, -0.2) is 0 Å². The van der Waals surface area contributed by atoms with E-state index >= 15 is 0 Å². The van der Waals surface area contributed by atoms with Gasteiger partial charge in [0.05, 0.1) is 16.0 Å². The Morgan fingerprint density at radius 3 is 2.58 bits per heavy atom. The van der Waals surface area contributed by atoms with E-state index in [1.807, 2.05) is 12.1 Å². The maximum Gasteiger partial charge on any atom is 0.253 e. The third-order valence-electron chi connectivity index (χ3n) is 5.14. The first-order valence-electron chi connectivity index (χ1n) is 10.1. The highest BCUT2D eigenvalue weighted by molar-refractivity contribution is 6.42. The molecule has 3 amide bonds. The molecule has 2 heterocycles. The van der Waals surface area contributed by atoms with Crippen LogP contribution in [0.4, 0.5) is 0 Å². The molecule has 1 unspecified atom stereocenters. The van der Waals surface area contributed by atoms with E-state index < -0.39 is 0 Å². The monoisotopic (exact) mass is 462 g/mol. The third kappa shape index (κ3) is 6.67. The molecule has 7 nitrogen and oxygen atoms in total. The average Bonchev–Trinajstić information content (AvgIpc) is 2.79. The third-order valence-corrected chi connectivity index (χ3v) is 5.88. The van der Waals surface area contributed by atoms with Crippen LogP contribution in [0.1, 0.15) is 35.2 Å². The highest BCUT2D eigenvalue weighted by atomic mass is 35.5. The van der Waals surface area contributed by atoms with Crippen molar-refractivity contribution in [2.75, 3.05) is 19.6 Å². The van der Waals surface area contributed by atoms with Crippen molar-refractivity contribution in [3.8, 4) is 0 Å². The smallest absolute Gasteiger partial charge is 0.253 e. The number of rotatable bonds is 7. The Morgan fingerprint density at radius 1 is 1.06 bits per heavy atom. The van der Waals surface area contributed by atoms with Gasteiger partial charge in [0.1, 0.15) is 0 Å². The molecule has 1 atom stereocenters. The number of hydrogen-bond donors (Lipinski definition) is 2. The van der Waals surface area contributed by atoms with Gasteiger partial charge in [-0.05, 0) is 48.7 Å². The Hall–Kier alpha value is -2.64. The van der Waals surface area contributed by atoms with Crippen LogP contribution in [0, 0.1) is 5.92 Å². The summed E-state index contributed by atoms with van der Waals surface area (Å²) in [5.41, 5.74) is 1.41. The molecule has 1 fully saturated rings. The summed E-state index contributed by atoms with van der Waals surface area (Å²) >= 11 is 11.9. The van der Waals surface area contributed by atoms with E-state index in [-0.39, 0.29) is 36.6 Å². The Kier molecular flexibility index (Phi) is 8.26. The normalized spacial score (nSPS) is 15.9. The van der Waals surface area contributed by atoms with Crippen molar-refractivity contribution in [3.05, 3.63) is 63.9 Å². The molecule has 0 saturated carbocycles. The van der Waals surface area contributed by atoms with Gasteiger partial charge in [0.25, 0.3) is 5.91 Å². The fourth-order valence-corrected chi connectivity index (χ4v) is 3.72. The van der Waals surface area contributed by atoms with Crippen molar-refractivity contribution in [3.63, 3.8) is 0 Å². The minimum absolute atomic E-state index is 0.142. The number of amides is 3. The number of carbonyl (C=O) groups excluding carboxylic acids is 3. The molecule has 0 bridgehead atoms. The molecule has 1 aromatic carbocycles. The Labute approximate surface area is 191 Å². The lowest BCUT2D eigenvalue weighted by atomic mass is 9.96. The summed E-state index contributed by atoms with van der Waals surface area (Å²) in [7, 11) is 0. The maximum atomic E-state index is 12.8. The molecule has 1 saturated heterocycles. The van der Waals surface area contributed by atoms with Crippen LogP contribution >= 0.6 is 23.2 Å². The number of hydrogen-bond acceptors (Lipinski definition) is 4. The van der Waals surface area contributed by atoms with Crippen LogP contribution in [0.2, 0.25) is 10.0 Å². The van der Waals surface area contributed by atoms with Crippen LogP contribution in [0.5, 0.6) is 0 Å². The first-order valence-corrected chi connectivity index (χ1v) is 10.9. The molecule has 1 aliphatic rings. The summed E-state index contributed by atoms with van der Waals surface area (Å²) in [5, 5.41) is 6.33. The summed E-state index contributed by atoms with van der Waals surface area (Å²) in [6.07, 6.45) is 4.96. The number of halogens is 2. The summed E-state index contributed by atoms with van der Waals surface area (Å²) in [6, 6.07) is 8.42. The SMILES string of the molecule is O=C(CCNC(=O)C1CCCN(C(=O)c2ccc(Cl)c(Cl)c2)C1)NCc1ccncc1. The van der Waals surface area contributed by atoms with E-state index in [0.717, 1.165) is 12.0 Å². The topological polar surface area (TPSA) is 91.4 Å². The average molecular weight is 463 g/mol. The van der Waals surface area contributed by atoms with E-state index in [2.05, 4.69) is 15.6 Å². The molecular weight excluding hydrogens is 439 g/mol. The minimum atomic E-state index is -0.305. The highest BCUT2D eigenvalue weighted by Crippen LogP contribution is 2.25. The van der Waals surface area contributed by atoms with Crippen LogP contribution in [-0.2, 0) is 16.1 Å². The summed E-state index contributed by atoms with van der Waals surface area (Å²) < 4.78 is 0. The molecule has 164 valence electrons. The number of aromatic nitrogens is 1. The molecule has 2 N–H and O–H groups in total. The number of carbonyl (C=O) groups is 3. The molecule has 31 heavy (non-hydrogen) atoms. The first kappa shape index (κ1) is 23.0. The van der Waals surface area contributed by atoms with Crippen LogP contribution < -0.4 is 10.6 Å². The van der Waals surface area contributed by atoms with Gasteiger partial charge in [-0.2, -0.15) is 0 Å². The Morgan fingerprint density at radius 2 is 1.84 bits per heavy atom. The summed E-state index contributed by atoms with van der Waals surface area (Å²) in [6.45, 7) is 1.58.